The number of anilines is 1. The smallest absolute Gasteiger partial charge is 0.204 e. The molecule has 0 radical (unpaired) electrons. The quantitative estimate of drug-likeness (QED) is 0.739. The van der Waals surface area contributed by atoms with Crippen LogP contribution in [0.2, 0.25) is 0 Å². The van der Waals surface area contributed by atoms with Crippen molar-refractivity contribution in [3.8, 4) is 11.4 Å². The third-order valence-electron chi connectivity index (χ3n) is 2.87. The van der Waals surface area contributed by atoms with Crippen LogP contribution in [0.1, 0.15) is 5.56 Å². The number of rotatable bonds is 3. The van der Waals surface area contributed by atoms with Crippen LogP contribution in [0, 0.1) is 5.82 Å². The van der Waals surface area contributed by atoms with Crippen molar-refractivity contribution in [3.05, 3.63) is 59.9 Å². The third kappa shape index (κ3) is 2.49. The van der Waals surface area contributed by atoms with E-state index in [0.29, 0.717) is 17.1 Å². The minimum atomic E-state index is -0.372. The van der Waals surface area contributed by atoms with Crippen LogP contribution in [0.25, 0.3) is 11.4 Å². The molecular weight excluding hydrogens is 257 g/mol. The van der Waals surface area contributed by atoms with E-state index in [1.54, 1.807) is 12.1 Å². The predicted octanol–water partition coefficient (Wildman–Crippen LogP) is 2.11. The standard InChI is InChI=1S/C14H12FN5/c15-13-8-12(16)7-6-11(13)9-20-18-14(17-19-20)10-4-2-1-3-5-10/h1-8H,9,16H2. The number of hydrogen-bond acceptors (Lipinski definition) is 4. The lowest BCUT2D eigenvalue weighted by atomic mass is 10.2. The van der Waals surface area contributed by atoms with Crippen molar-refractivity contribution < 1.29 is 4.39 Å². The van der Waals surface area contributed by atoms with Crippen LogP contribution in [0.3, 0.4) is 0 Å². The molecule has 0 saturated heterocycles. The fourth-order valence-electron chi connectivity index (χ4n) is 1.86. The minimum absolute atomic E-state index is 0.214. The molecule has 1 aromatic heterocycles. The van der Waals surface area contributed by atoms with E-state index in [0.717, 1.165) is 5.56 Å². The van der Waals surface area contributed by atoms with Gasteiger partial charge in [-0.1, -0.05) is 36.4 Å². The summed E-state index contributed by atoms with van der Waals surface area (Å²) in [6.45, 7) is 0.214. The molecule has 0 saturated carbocycles. The highest BCUT2D eigenvalue weighted by atomic mass is 19.1. The minimum Gasteiger partial charge on any atom is -0.399 e. The molecule has 0 aliphatic rings. The molecule has 6 heteroatoms. The van der Waals surface area contributed by atoms with Crippen LogP contribution < -0.4 is 5.73 Å². The van der Waals surface area contributed by atoms with Gasteiger partial charge in [0.05, 0.1) is 6.54 Å². The Kier molecular flexibility index (Phi) is 3.12. The summed E-state index contributed by atoms with van der Waals surface area (Å²) in [5.41, 5.74) is 7.24. The monoisotopic (exact) mass is 269 g/mol. The van der Waals surface area contributed by atoms with Crippen LogP contribution in [-0.2, 0) is 6.54 Å². The number of benzene rings is 2. The summed E-state index contributed by atoms with van der Waals surface area (Å²) in [5.74, 6) is 0.144. The van der Waals surface area contributed by atoms with Crippen LogP contribution >= 0.6 is 0 Å². The molecule has 5 nitrogen and oxygen atoms in total. The first kappa shape index (κ1) is 12.3. The van der Waals surface area contributed by atoms with Crippen molar-refractivity contribution >= 4 is 5.69 Å². The Hall–Kier alpha value is -2.76. The number of nitrogen functional groups attached to an aromatic ring is 1. The third-order valence-corrected chi connectivity index (χ3v) is 2.87. The van der Waals surface area contributed by atoms with Crippen molar-refractivity contribution in [3.63, 3.8) is 0 Å². The van der Waals surface area contributed by atoms with Gasteiger partial charge in [0.15, 0.2) is 0 Å². The van der Waals surface area contributed by atoms with E-state index in [1.807, 2.05) is 30.3 Å². The molecular formula is C14H12FN5. The van der Waals surface area contributed by atoms with E-state index >= 15 is 0 Å². The predicted molar refractivity (Wildman–Crippen MR) is 73.2 cm³/mol. The van der Waals surface area contributed by atoms with E-state index in [-0.39, 0.29) is 12.4 Å². The first-order valence-corrected chi connectivity index (χ1v) is 6.09. The van der Waals surface area contributed by atoms with Crippen molar-refractivity contribution in [2.45, 2.75) is 6.54 Å². The number of hydrogen-bond donors (Lipinski definition) is 1. The zero-order valence-corrected chi connectivity index (χ0v) is 10.6. The van der Waals surface area contributed by atoms with Crippen LogP contribution in [0.5, 0.6) is 0 Å². The van der Waals surface area contributed by atoms with E-state index in [1.165, 1.54) is 10.9 Å². The summed E-state index contributed by atoms with van der Waals surface area (Å²) in [5, 5.41) is 12.1. The molecule has 2 aromatic carbocycles. The fourth-order valence-corrected chi connectivity index (χ4v) is 1.86. The molecule has 100 valence electrons. The lowest BCUT2D eigenvalue weighted by molar-refractivity contribution is 0.539. The van der Waals surface area contributed by atoms with Gasteiger partial charge in [0.1, 0.15) is 5.82 Å². The first-order chi connectivity index (χ1) is 9.72. The second kappa shape index (κ2) is 5.08. The maximum absolute atomic E-state index is 13.7. The SMILES string of the molecule is Nc1ccc(Cn2nnc(-c3ccccc3)n2)c(F)c1. The largest absolute Gasteiger partial charge is 0.399 e. The van der Waals surface area contributed by atoms with E-state index in [2.05, 4.69) is 15.4 Å². The molecule has 3 rings (SSSR count). The molecule has 20 heavy (non-hydrogen) atoms. The number of nitrogens with two attached hydrogens (primary N) is 1. The lowest BCUT2D eigenvalue weighted by Crippen LogP contribution is -2.06. The average molecular weight is 269 g/mol. The van der Waals surface area contributed by atoms with E-state index < -0.39 is 0 Å². The zero-order valence-electron chi connectivity index (χ0n) is 10.6. The fraction of sp³-hybridized carbons (Fsp3) is 0.0714. The Morgan fingerprint density at radius 2 is 1.90 bits per heavy atom. The van der Waals surface area contributed by atoms with Gasteiger partial charge in [-0.3, -0.25) is 0 Å². The number of nitrogens with zero attached hydrogens (tertiary/aromatic N) is 4. The molecule has 0 atom stereocenters. The van der Waals surface area contributed by atoms with Gasteiger partial charge in [-0.25, -0.2) is 4.39 Å². The maximum Gasteiger partial charge on any atom is 0.204 e. The molecule has 0 unspecified atom stereocenters. The van der Waals surface area contributed by atoms with Crippen molar-refractivity contribution in [2.75, 3.05) is 5.73 Å². The second-order valence-corrected chi connectivity index (χ2v) is 4.36. The normalized spacial score (nSPS) is 10.7. The highest BCUT2D eigenvalue weighted by Gasteiger charge is 2.08. The van der Waals surface area contributed by atoms with Gasteiger partial charge in [-0.05, 0) is 17.3 Å². The Morgan fingerprint density at radius 3 is 2.65 bits per heavy atom. The molecule has 1 heterocycles. The van der Waals surface area contributed by atoms with Gasteiger partial charge in [0, 0.05) is 16.8 Å². The Labute approximate surface area is 114 Å². The van der Waals surface area contributed by atoms with Crippen LogP contribution in [-0.4, -0.2) is 20.2 Å². The Balaban J connectivity index is 1.84. The number of tetrazole rings is 1. The summed E-state index contributed by atoms with van der Waals surface area (Å²) >= 11 is 0. The summed E-state index contributed by atoms with van der Waals surface area (Å²) in [6, 6.07) is 14.0. The lowest BCUT2D eigenvalue weighted by Gasteiger charge is -2.02. The molecule has 0 bridgehead atoms. The highest BCUT2D eigenvalue weighted by Crippen LogP contribution is 2.14. The van der Waals surface area contributed by atoms with Crippen molar-refractivity contribution in [1.82, 2.24) is 20.2 Å². The summed E-state index contributed by atoms with van der Waals surface area (Å²) < 4.78 is 13.7. The highest BCUT2D eigenvalue weighted by molar-refractivity contribution is 5.53. The maximum atomic E-state index is 13.7. The van der Waals surface area contributed by atoms with Gasteiger partial charge >= 0.3 is 0 Å². The first-order valence-electron chi connectivity index (χ1n) is 6.09. The van der Waals surface area contributed by atoms with Gasteiger partial charge in [-0.15, -0.1) is 10.2 Å². The number of aromatic nitrogens is 4. The Bertz CT molecular complexity index is 723. The molecule has 0 fully saturated rings. The van der Waals surface area contributed by atoms with Gasteiger partial charge in [-0.2, -0.15) is 4.80 Å². The molecule has 0 aliphatic heterocycles. The molecule has 3 aromatic rings. The summed E-state index contributed by atoms with van der Waals surface area (Å²) in [6.07, 6.45) is 0. The zero-order chi connectivity index (χ0) is 13.9. The topological polar surface area (TPSA) is 69.6 Å². The average Bonchev–Trinajstić information content (AvgIpc) is 2.92. The Morgan fingerprint density at radius 1 is 1.10 bits per heavy atom. The summed E-state index contributed by atoms with van der Waals surface area (Å²) in [4.78, 5) is 1.36. The van der Waals surface area contributed by atoms with Gasteiger partial charge < -0.3 is 5.73 Å². The van der Waals surface area contributed by atoms with Crippen molar-refractivity contribution in [2.24, 2.45) is 0 Å². The molecule has 0 amide bonds. The number of halogens is 1. The van der Waals surface area contributed by atoms with E-state index in [4.69, 9.17) is 5.73 Å². The summed E-state index contributed by atoms with van der Waals surface area (Å²) in [7, 11) is 0. The molecule has 0 spiro atoms. The van der Waals surface area contributed by atoms with E-state index in [9.17, 15) is 4.39 Å². The molecule has 0 aliphatic carbocycles. The van der Waals surface area contributed by atoms with Crippen LogP contribution in [0.4, 0.5) is 10.1 Å². The van der Waals surface area contributed by atoms with Crippen molar-refractivity contribution in [1.29, 1.82) is 0 Å². The molecule has 2 N–H and O–H groups in total. The van der Waals surface area contributed by atoms with Crippen LogP contribution in [0.15, 0.2) is 48.5 Å². The van der Waals surface area contributed by atoms with Gasteiger partial charge in [0.2, 0.25) is 5.82 Å². The van der Waals surface area contributed by atoms with Gasteiger partial charge in [0.25, 0.3) is 0 Å². The second-order valence-electron chi connectivity index (χ2n) is 4.36.